The lowest BCUT2D eigenvalue weighted by atomic mass is 9.98. The number of rotatable bonds is 5. The van der Waals surface area contributed by atoms with Crippen LogP contribution in [0, 0.1) is 5.92 Å². The summed E-state index contributed by atoms with van der Waals surface area (Å²) in [4.78, 5) is 24.8. The van der Waals surface area contributed by atoms with Gasteiger partial charge in [0.25, 0.3) is 0 Å². The summed E-state index contributed by atoms with van der Waals surface area (Å²) in [5.74, 6) is 0.259. The van der Waals surface area contributed by atoms with Crippen LogP contribution in [0.5, 0.6) is 0 Å². The van der Waals surface area contributed by atoms with Gasteiger partial charge in [0.15, 0.2) is 0 Å². The second-order valence-electron chi connectivity index (χ2n) is 5.81. The number of hydrogen-bond donors (Lipinski definition) is 3. The summed E-state index contributed by atoms with van der Waals surface area (Å²) in [6.45, 7) is 2.47. The number of carbonyl (C=O) groups is 2. The van der Waals surface area contributed by atoms with Gasteiger partial charge in [-0.2, -0.15) is 0 Å². The van der Waals surface area contributed by atoms with Gasteiger partial charge in [-0.15, -0.1) is 0 Å². The fourth-order valence-corrected chi connectivity index (χ4v) is 2.99. The minimum absolute atomic E-state index is 0.0594. The van der Waals surface area contributed by atoms with Crippen molar-refractivity contribution in [3.05, 3.63) is 34.9 Å². The van der Waals surface area contributed by atoms with Crippen molar-refractivity contribution < 1.29 is 9.59 Å². The molecule has 1 unspecified atom stereocenters. The van der Waals surface area contributed by atoms with E-state index < -0.39 is 6.03 Å². The van der Waals surface area contributed by atoms with E-state index >= 15 is 0 Å². The normalized spacial score (nSPS) is 17.6. The quantitative estimate of drug-likeness (QED) is 0.766. The van der Waals surface area contributed by atoms with Crippen molar-refractivity contribution in [3.63, 3.8) is 0 Å². The Morgan fingerprint density at radius 1 is 1.35 bits per heavy atom. The Morgan fingerprint density at radius 3 is 2.91 bits per heavy atom. The maximum Gasteiger partial charge on any atom is 0.317 e. The van der Waals surface area contributed by atoms with Crippen molar-refractivity contribution in [2.24, 2.45) is 11.7 Å². The molecular weight excluding hydrogens is 316 g/mol. The maximum atomic E-state index is 12.2. The van der Waals surface area contributed by atoms with Gasteiger partial charge in [0, 0.05) is 31.2 Å². The summed E-state index contributed by atoms with van der Waals surface area (Å²) < 4.78 is 0. The Morgan fingerprint density at radius 2 is 2.17 bits per heavy atom. The molecule has 1 aromatic carbocycles. The number of primary amides is 1. The van der Waals surface area contributed by atoms with E-state index in [0.717, 1.165) is 31.4 Å². The molecule has 1 fully saturated rings. The zero-order chi connectivity index (χ0) is 16.7. The third-order valence-electron chi connectivity index (χ3n) is 3.95. The number of halogens is 1. The minimum atomic E-state index is -0.520. The standard InChI is InChI=1S/C16H23ClN4O2/c17-14-5-1-3-12(9-14)6-7-19-16(23)21-8-2-4-13(11-21)10-20-15(18)22/h1,3,5,9,13H,2,4,6-8,10-11H2,(H,19,23)(H3,18,20,22). The lowest BCUT2D eigenvalue weighted by molar-refractivity contribution is 0.165. The zero-order valence-electron chi connectivity index (χ0n) is 13.1. The average molecular weight is 339 g/mol. The van der Waals surface area contributed by atoms with Crippen LogP contribution in [0.1, 0.15) is 18.4 Å². The van der Waals surface area contributed by atoms with E-state index in [1.165, 1.54) is 0 Å². The summed E-state index contributed by atoms with van der Waals surface area (Å²) in [7, 11) is 0. The lowest BCUT2D eigenvalue weighted by Crippen LogP contribution is -2.48. The van der Waals surface area contributed by atoms with Crippen molar-refractivity contribution >= 4 is 23.7 Å². The van der Waals surface area contributed by atoms with Gasteiger partial charge in [0.2, 0.25) is 0 Å². The van der Waals surface area contributed by atoms with E-state index in [1.807, 2.05) is 24.3 Å². The van der Waals surface area contributed by atoms with Gasteiger partial charge in [-0.1, -0.05) is 23.7 Å². The van der Waals surface area contributed by atoms with E-state index in [4.69, 9.17) is 17.3 Å². The number of benzene rings is 1. The van der Waals surface area contributed by atoms with Crippen LogP contribution in [0.15, 0.2) is 24.3 Å². The van der Waals surface area contributed by atoms with Crippen molar-refractivity contribution in [1.29, 1.82) is 0 Å². The third-order valence-corrected chi connectivity index (χ3v) is 4.19. The van der Waals surface area contributed by atoms with E-state index in [2.05, 4.69) is 10.6 Å². The fraction of sp³-hybridized carbons (Fsp3) is 0.500. The molecule has 1 heterocycles. The monoisotopic (exact) mass is 338 g/mol. The molecule has 7 heteroatoms. The number of nitrogens with one attached hydrogen (secondary N) is 2. The van der Waals surface area contributed by atoms with Crippen molar-refractivity contribution in [2.75, 3.05) is 26.2 Å². The number of urea groups is 2. The predicted molar refractivity (Wildman–Crippen MR) is 90.4 cm³/mol. The highest BCUT2D eigenvalue weighted by molar-refractivity contribution is 6.30. The molecule has 1 aromatic rings. The van der Waals surface area contributed by atoms with Gasteiger partial charge in [0.1, 0.15) is 0 Å². The molecule has 2 rings (SSSR count). The predicted octanol–water partition coefficient (Wildman–Crippen LogP) is 1.97. The Kier molecular flexibility index (Phi) is 6.52. The molecule has 0 saturated carbocycles. The minimum Gasteiger partial charge on any atom is -0.352 e. The highest BCUT2D eigenvalue weighted by Gasteiger charge is 2.23. The molecule has 6 nitrogen and oxygen atoms in total. The Balaban J connectivity index is 1.73. The molecule has 1 saturated heterocycles. The largest absolute Gasteiger partial charge is 0.352 e. The average Bonchev–Trinajstić information content (AvgIpc) is 2.53. The van der Waals surface area contributed by atoms with Crippen molar-refractivity contribution in [1.82, 2.24) is 15.5 Å². The van der Waals surface area contributed by atoms with Gasteiger partial charge in [0.05, 0.1) is 0 Å². The van der Waals surface area contributed by atoms with E-state index in [0.29, 0.717) is 24.7 Å². The van der Waals surface area contributed by atoms with Crippen LogP contribution in [0.3, 0.4) is 0 Å². The van der Waals surface area contributed by atoms with Gasteiger partial charge in [-0.3, -0.25) is 0 Å². The number of likely N-dealkylation sites (tertiary alicyclic amines) is 1. The molecule has 0 spiro atoms. The van der Waals surface area contributed by atoms with Gasteiger partial charge < -0.3 is 21.3 Å². The van der Waals surface area contributed by atoms with Gasteiger partial charge in [-0.25, -0.2) is 9.59 Å². The Labute approximate surface area is 141 Å². The molecule has 0 aliphatic carbocycles. The van der Waals surface area contributed by atoms with Crippen LogP contribution >= 0.6 is 11.6 Å². The lowest BCUT2D eigenvalue weighted by Gasteiger charge is -2.32. The third kappa shape index (κ3) is 5.98. The smallest absolute Gasteiger partial charge is 0.317 e. The number of amides is 4. The first-order valence-corrected chi connectivity index (χ1v) is 8.23. The van der Waals surface area contributed by atoms with E-state index in [1.54, 1.807) is 4.90 Å². The van der Waals surface area contributed by atoms with Crippen LogP contribution in [0.2, 0.25) is 5.02 Å². The summed E-state index contributed by atoms with van der Waals surface area (Å²) in [5, 5.41) is 6.25. The van der Waals surface area contributed by atoms with Gasteiger partial charge in [-0.05, 0) is 42.9 Å². The molecule has 0 radical (unpaired) electrons. The van der Waals surface area contributed by atoms with Crippen molar-refractivity contribution in [2.45, 2.75) is 19.3 Å². The summed E-state index contributed by atoms with van der Waals surface area (Å²) in [6, 6.07) is 7.05. The number of nitrogens with two attached hydrogens (primary N) is 1. The number of nitrogens with zero attached hydrogens (tertiary/aromatic N) is 1. The van der Waals surface area contributed by atoms with E-state index in [-0.39, 0.29) is 11.9 Å². The molecule has 4 amide bonds. The molecule has 1 atom stereocenters. The molecule has 1 aliphatic rings. The van der Waals surface area contributed by atoms with Gasteiger partial charge >= 0.3 is 12.1 Å². The fourth-order valence-electron chi connectivity index (χ4n) is 2.78. The summed E-state index contributed by atoms with van der Waals surface area (Å²) in [5.41, 5.74) is 6.18. The molecule has 126 valence electrons. The summed E-state index contributed by atoms with van der Waals surface area (Å²) >= 11 is 5.94. The second-order valence-corrected chi connectivity index (χ2v) is 6.25. The molecule has 23 heavy (non-hydrogen) atoms. The first-order chi connectivity index (χ1) is 11.0. The number of carbonyl (C=O) groups excluding carboxylic acids is 2. The van der Waals surface area contributed by atoms with Crippen LogP contribution in [-0.2, 0) is 6.42 Å². The number of hydrogen-bond acceptors (Lipinski definition) is 2. The summed E-state index contributed by atoms with van der Waals surface area (Å²) in [6.07, 6.45) is 2.67. The SMILES string of the molecule is NC(=O)NCC1CCCN(C(=O)NCCc2cccc(Cl)c2)C1. The van der Waals surface area contributed by atoms with E-state index in [9.17, 15) is 9.59 Å². The van der Waals surface area contributed by atoms with Crippen LogP contribution < -0.4 is 16.4 Å². The first-order valence-electron chi connectivity index (χ1n) is 7.85. The second kappa shape index (κ2) is 8.62. The Hall–Kier alpha value is -1.95. The van der Waals surface area contributed by atoms with Crippen LogP contribution in [0.25, 0.3) is 0 Å². The zero-order valence-corrected chi connectivity index (χ0v) is 13.8. The highest BCUT2D eigenvalue weighted by Crippen LogP contribution is 2.16. The van der Waals surface area contributed by atoms with Crippen molar-refractivity contribution in [3.8, 4) is 0 Å². The van der Waals surface area contributed by atoms with Crippen LogP contribution in [0.4, 0.5) is 9.59 Å². The molecule has 1 aliphatic heterocycles. The van der Waals surface area contributed by atoms with Crippen LogP contribution in [-0.4, -0.2) is 43.1 Å². The molecular formula is C16H23ClN4O2. The number of piperidine rings is 1. The Bertz CT molecular complexity index is 553. The highest BCUT2D eigenvalue weighted by atomic mass is 35.5. The molecule has 0 bridgehead atoms. The first kappa shape index (κ1) is 17.4. The molecule has 4 N–H and O–H groups in total. The molecule has 0 aromatic heterocycles. The maximum absolute atomic E-state index is 12.2. The topological polar surface area (TPSA) is 87.5 Å².